The third kappa shape index (κ3) is 4.86. The Bertz CT molecular complexity index is 963. The number of aryl methyl sites for hydroxylation is 2. The molecule has 2 aliphatic heterocycles. The predicted octanol–water partition coefficient (Wildman–Crippen LogP) is 2.75. The van der Waals surface area contributed by atoms with Crippen LogP contribution < -0.4 is 5.32 Å². The lowest BCUT2D eigenvalue weighted by molar-refractivity contribution is -0.137. The number of amides is 3. The zero-order valence-corrected chi connectivity index (χ0v) is 19.5. The number of hydrogen-bond acceptors (Lipinski definition) is 5. The molecule has 4 rings (SSSR count). The highest BCUT2D eigenvalue weighted by atomic mass is 32.1. The largest absolute Gasteiger partial charge is 0.338 e. The summed E-state index contributed by atoms with van der Waals surface area (Å²) in [6.45, 7) is 7.37. The van der Waals surface area contributed by atoms with E-state index in [1.54, 1.807) is 4.90 Å². The second kappa shape index (κ2) is 9.83. The van der Waals surface area contributed by atoms with E-state index < -0.39 is 0 Å². The van der Waals surface area contributed by atoms with Gasteiger partial charge in [0.15, 0.2) is 0 Å². The van der Waals surface area contributed by atoms with Gasteiger partial charge in [0, 0.05) is 38.4 Å². The Labute approximate surface area is 193 Å². The quantitative estimate of drug-likeness (QED) is 0.754. The fourth-order valence-corrected chi connectivity index (χ4v) is 5.22. The van der Waals surface area contributed by atoms with Gasteiger partial charge in [-0.2, -0.15) is 0 Å². The summed E-state index contributed by atoms with van der Waals surface area (Å²) in [5.74, 6) is -0.0459. The monoisotopic (exact) mass is 454 g/mol. The molecule has 0 bridgehead atoms. The summed E-state index contributed by atoms with van der Waals surface area (Å²) in [5, 5.41) is 4.92. The number of rotatable bonds is 5. The number of hydrogen-bond donors (Lipinski definition) is 1. The van der Waals surface area contributed by atoms with Gasteiger partial charge in [0.1, 0.15) is 6.04 Å². The van der Waals surface area contributed by atoms with Gasteiger partial charge < -0.3 is 15.1 Å². The van der Waals surface area contributed by atoms with E-state index in [2.05, 4.69) is 10.2 Å². The lowest BCUT2D eigenvalue weighted by atomic mass is 10.1. The summed E-state index contributed by atoms with van der Waals surface area (Å²) in [6.07, 6.45) is 1.57. The minimum Gasteiger partial charge on any atom is -0.338 e. The molecule has 8 heteroatoms. The van der Waals surface area contributed by atoms with Crippen LogP contribution in [0.3, 0.4) is 0 Å². The fourth-order valence-electron chi connectivity index (χ4n) is 4.54. The molecule has 1 aromatic carbocycles. The van der Waals surface area contributed by atoms with Gasteiger partial charge in [-0.05, 0) is 49.3 Å². The van der Waals surface area contributed by atoms with E-state index in [0.717, 1.165) is 23.2 Å². The highest BCUT2D eigenvalue weighted by Crippen LogP contribution is 2.24. The number of carbonyl (C=O) groups is 3. The zero-order valence-electron chi connectivity index (χ0n) is 18.7. The summed E-state index contributed by atoms with van der Waals surface area (Å²) in [6, 6.07) is 9.26. The summed E-state index contributed by atoms with van der Waals surface area (Å²) in [4.78, 5) is 44.9. The number of carbonyl (C=O) groups excluding carboxylic acids is 3. The maximum absolute atomic E-state index is 13.2. The van der Waals surface area contributed by atoms with Gasteiger partial charge in [0.25, 0.3) is 5.91 Å². The van der Waals surface area contributed by atoms with Gasteiger partial charge >= 0.3 is 0 Å². The Kier molecular flexibility index (Phi) is 6.91. The highest BCUT2D eigenvalue weighted by Gasteiger charge is 2.38. The van der Waals surface area contributed by atoms with Gasteiger partial charge in [-0.3, -0.25) is 19.3 Å². The standard InChI is InChI=1S/C24H30N4O3S/c1-17-6-3-7-18(2)22(17)25-21(29)16-26-11-13-27(14-12-26)23(30)19-8-4-10-28(19)24(31)20-9-5-15-32-20/h3,5-7,9,15,19H,4,8,10-14,16H2,1-2H3,(H,25,29)/t19-/m0/s1. The molecule has 1 N–H and O–H groups in total. The van der Waals surface area contributed by atoms with E-state index in [0.29, 0.717) is 50.6 Å². The molecular weight excluding hydrogens is 424 g/mol. The second-order valence-electron chi connectivity index (χ2n) is 8.55. The van der Waals surface area contributed by atoms with Crippen molar-refractivity contribution in [3.05, 3.63) is 51.7 Å². The normalized spacial score (nSPS) is 19.2. The minimum absolute atomic E-state index is 0.0343. The smallest absolute Gasteiger partial charge is 0.264 e. The molecule has 0 aliphatic carbocycles. The van der Waals surface area contributed by atoms with E-state index in [-0.39, 0.29) is 23.8 Å². The van der Waals surface area contributed by atoms with Gasteiger partial charge in [-0.25, -0.2) is 0 Å². The number of piperazine rings is 1. The maximum Gasteiger partial charge on any atom is 0.264 e. The molecule has 0 spiro atoms. The predicted molar refractivity (Wildman–Crippen MR) is 126 cm³/mol. The molecule has 0 radical (unpaired) electrons. The van der Waals surface area contributed by atoms with Crippen LogP contribution in [-0.2, 0) is 9.59 Å². The summed E-state index contributed by atoms with van der Waals surface area (Å²) < 4.78 is 0. The average molecular weight is 455 g/mol. The number of anilines is 1. The van der Waals surface area contributed by atoms with Crippen molar-refractivity contribution in [2.45, 2.75) is 32.7 Å². The van der Waals surface area contributed by atoms with Crippen LogP contribution in [0.15, 0.2) is 35.7 Å². The number of benzene rings is 1. The van der Waals surface area contributed by atoms with Gasteiger partial charge in [0.2, 0.25) is 11.8 Å². The van der Waals surface area contributed by atoms with Crippen LogP contribution in [-0.4, -0.2) is 77.7 Å². The van der Waals surface area contributed by atoms with E-state index in [1.807, 2.05) is 54.5 Å². The molecule has 32 heavy (non-hydrogen) atoms. The fraction of sp³-hybridized carbons (Fsp3) is 0.458. The minimum atomic E-state index is -0.372. The summed E-state index contributed by atoms with van der Waals surface area (Å²) in [5.41, 5.74) is 2.97. The van der Waals surface area contributed by atoms with Crippen molar-refractivity contribution in [3.8, 4) is 0 Å². The molecule has 2 aliphatic rings. The Morgan fingerprint density at radius 3 is 2.38 bits per heavy atom. The molecule has 0 unspecified atom stereocenters. The van der Waals surface area contributed by atoms with Crippen LogP contribution in [0.2, 0.25) is 0 Å². The highest BCUT2D eigenvalue weighted by molar-refractivity contribution is 7.12. The van der Waals surface area contributed by atoms with Crippen LogP contribution in [0.4, 0.5) is 5.69 Å². The van der Waals surface area contributed by atoms with Crippen molar-refractivity contribution in [2.24, 2.45) is 0 Å². The van der Waals surface area contributed by atoms with Gasteiger partial charge in [-0.1, -0.05) is 24.3 Å². The lowest BCUT2D eigenvalue weighted by Crippen LogP contribution is -2.55. The van der Waals surface area contributed by atoms with E-state index in [9.17, 15) is 14.4 Å². The van der Waals surface area contributed by atoms with Crippen molar-refractivity contribution in [1.29, 1.82) is 0 Å². The molecule has 1 atom stereocenters. The third-order valence-electron chi connectivity index (χ3n) is 6.33. The van der Waals surface area contributed by atoms with Crippen molar-refractivity contribution < 1.29 is 14.4 Å². The van der Waals surface area contributed by atoms with Crippen molar-refractivity contribution >= 4 is 34.7 Å². The third-order valence-corrected chi connectivity index (χ3v) is 7.19. The van der Waals surface area contributed by atoms with E-state index >= 15 is 0 Å². The zero-order chi connectivity index (χ0) is 22.7. The number of thiophene rings is 1. The number of para-hydroxylation sites is 1. The summed E-state index contributed by atoms with van der Waals surface area (Å²) in [7, 11) is 0. The number of nitrogens with one attached hydrogen (secondary N) is 1. The molecule has 3 heterocycles. The second-order valence-corrected chi connectivity index (χ2v) is 9.50. The number of nitrogens with zero attached hydrogens (tertiary/aromatic N) is 3. The molecule has 1 aromatic heterocycles. The Morgan fingerprint density at radius 2 is 1.72 bits per heavy atom. The average Bonchev–Trinajstić information content (AvgIpc) is 3.48. The molecule has 2 saturated heterocycles. The Hall–Kier alpha value is -2.71. The maximum atomic E-state index is 13.2. The first kappa shape index (κ1) is 22.5. The molecule has 3 amide bonds. The molecule has 170 valence electrons. The van der Waals surface area contributed by atoms with Crippen LogP contribution in [0, 0.1) is 13.8 Å². The molecular formula is C24H30N4O3S. The van der Waals surface area contributed by atoms with Crippen molar-refractivity contribution in [2.75, 3.05) is 44.6 Å². The van der Waals surface area contributed by atoms with E-state index in [4.69, 9.17) is 0 Å². The van der Waals surface area contributed by atoms with Crippen LogP contribution in [0.1, 0.15) is 33.6 Å². The lowest BCUT2D eigenvalue weighted by Gasteiger charge is -2.37. The van der Waals surface area contributed by atoms with Crippen molar-refractivity contribution in [1.82, 2.24) is 14.7 Å². The van der Waals surface area contributed by atoms with Crippen molar-refractivity contribution in [3.63, 3.8) is 0 Å². The number of likely N-dealkylation sites (tertiary alicyclic amines) is 1. The van der Waals surface area contributed by atoms with Gasteiger partial charge in [0.05, 0.1) is 11.4 Å². The molecule has 7 nitrogen and oxygen atoms in total. The Morgan fingerprint density at radius 1 is 1.00 bits per heavy atom. The summed E-state index contributed by atoms with van der Waals surface area (Å²) >= 11 is 1.41. The first-order valence-electron chi connectivity index (χ1n) is 11.2. The van der Waals surface area contributed by atoms with Crippen LogP contribution in [0.25, 0.3) is 0 Å². The first-order chi connectivity index (χ1) is 15.4. The first-order valence-corrected chi connectivity index (χ1v) is 12.0. The van der Waals surface area contributed by atoms with Crippen LogP contribution >= 0.6 is 11.3 Å². The topological polar surface area (TPSA) is 73.0 Å². The van der Waals surface area contributed by atoms with Crippen LogP contribution in [0.5, 0.6) is 0 Å². The van der Waals surface area contributed by atoms with E-state index in [1.165, 1.54) is 11.3 Å². The molecule has 2 fully saturated rings. The SMILES string of the molecule is Cc1cccc(C)c1NC(=O)CN1CCN(C(=O)[C@@H]2CCCN2C(=O)c2cccs2)CC1. The van der Waals surface area contributed by atoms with Gasteiger partial charge in [-0.15, -0.1) is 11.3 Å². The Balaban J connectivity index is 1.29. The molecule has 2 aromatic rings. The molecule has 0 saturated carbocycles.